The normalized spacial score (nSPS) is 18.3. The highest BCUT2D eigenvalue weighted by atomic mass is 32.2. The van der Waals surface area contributed by atoms with Crippen molar-refractivity contribution < 1.29 is 19.2 Å². The molecule has 1 aromatic carbocycles. The van der Waals surface area contributed by atoms with E-state index in [2.05, 4.69) is 60.8 Å². The molecule has 1 unspecified atom stereocenters. The maximum absolute atomic E-state index is 13.2. The Morgan fingerprint density at radius 3 is 2.76 bits per heavy atom. The standard InChI is InChI=1S/C30H37N7O4S/c1-29(2,3)42(40)35-27-24-9-5-4-7-21(24)15-30(27)10-12-36(13-11-30)28-25(20-38)34-22(16-32-28)8-6-14-41-23-17-33-37(18-23)19-26(31)39/h4-5,7,9,16-18,27,35,38H,10-15,19-20H2,1-3H3,(H2,31,39)/t27-,42?/m1/s1. The van der Waals surface area contributed by atoms with E-state index in [0.29, 0.717) is 23.0 Å². The molecular formula is C30H37N7O4S. The SMILES string of the molecule is CC(C)(C)[S+]([O-])N[C@@H]1c2ccccc2CC12CCN(c1ncc(C#CCOc3cnn(CC(N)=O)c3)nc1CO)CC2. The van der Waals surface area contributed by atoms with E-state index in [1.54, 1.807) is 12.4 Å². The molecule has 3 aromatic rings. The van der Waals surface area contributed by atoms with Gasteiger partial charge in [-0.15, -0.1) is 4.72 Å². The number of aliphatic hydroxyl groups excluding tert-OH is 1. The zero-order valence-corrected chi connectivity index (χ0v) is 25.0. The summed E-state index contributed by atoms with van der Waals surface area (Å²) in [4.78, 5) is 22.4. The minimum Gasteiger partial charge on any atom is -0.598 e. The molecule has 1 fully saturated rings. The molecule has 2 aromatic heterocycles. The number of carbonyl (C=O) groups is 1. The molecule has 3 heterocycles. The van der Waals surface area contributed by atoms with Crippen molar-refractivity contribution in [3.63, 3.8) is 0 Å². The number of rotatable bonds is 8. The van der Waals surface area contributed by atoms with Crippen LogP contribution < -0.4 is 20.1 Å². The van der Waals surface area contributed by atoms with Gasteiger partial charge in [0.2, 0.25) is 5.91 Å². The van der Waals surface area contributed by atoms with Crippen LogP contribution in [-0.2, 0) is 35.7 Å². The van der Waals surface area contributed by atoms with Crippen LogP contribution in [0.2, 0.25) is 0 Å². The van der Waals surface area contributed by atoms with Crippen molar-refractivity contribution in [2.24, 2.45) is 11.1 Å². The van der Waals surface area contributed by atoms with Crippen molar-refractivity contribution >= 4 is 23.1 Å². The number of fused-ring (bicyclic) bond motifs is 1. The fourth-order valence-corrected chi connectivity index (χ4v) is 6.60. The summed E-state index contributed by atoms with van der Waals surface area (Å²) in [5.74, 6) is 6.46. The number of nitrogens with zero attached hydrogens (tertiary/aromatic N) is 5. The molecule has 4 N–H and O–H groups in total. The van der Waals surface area contributed by atoms with Gasteiger partial charge in [-0.3, -0.25) is 9.48 Å². The number of hydrogen-bond donors (Lipinski definition) is 3. The second kappa shape index (κ2) is 12.3. The monoisotopic (exact) mass is 591 g/mol. The van der Waals surface area contributed by atoms with E-state index >= 15 is 0 Å². The third-order valence-corrected chi connectivity index (χ3v) is 9.35. The number of primary amides is 1. The molecule has 42 heavy (non-hydrogen) atoms. The van der Waals surface area contributed by atoms with E-state index in [-0.39, 0.29) is 36.0 Å². The average molecular weight is 592 g/mol. The summed E-state index contributed by atoms with van der Waals surface area (Å²) in [7, 11) is 0. The molecule has 12 heteroatoms. The fourth-order valence-electron chi connectivity index (χ4n) is 5.65. The first-order chi connectivity index (χ1) is 20.1. The van der Waals surface area contributed by atoms with Crippen LogP contribution in [-0.4, -0.2) is 59.8 Å². The number of piperidine rings is 1. The van der Waals surface area contributed by atoms with Crippen LogP contribution in [0.3, 0.4) is 0 Å². The Bertz CT molecular complexity index is 1480. The van der Waals surface area contributed by atoms with Gasteiger partial charge >= 0.3 is 0 Å². The Kier molecular flexibility index (Phi) is 8.75. The van der Waals surface area contributed by atoms with E-state index in [0.717, 1.165) is 32.4 Å². The Balaban J connectivity index is 1.24. The van der Waals surface area contributed by atoms with E-state index in [4.69, 9.17) is 10.5 Å². The van der Waals surface area contributed by atoms with Gasteiger partial charge in [0.25, 0.3) is 0 Å². The highest BCUT2D eigenvalue weighted by Crippen LogP contribution is 2.52. The second-order valence-corrected chi connectivity index (χ2v) is 13.8. The summed E-state index contributed by atoms with van der Waals surface area (Å²) in [6, 6.07) is 8.48. The van der Waals surface area contributed by atoms with Gasteiger partial charge < -0.3 is 25.0 Å². The number of carbonyl (C=O) groups excluding carboxylic acids is 1. The first kappa shape index (κ1) is 29.8. The highest BCUT2D eigenvalue weighted by Gasteiger charge is 2.50. The number of benzene rings is 1. The van der Waals surface area contributed by atoms with E-state index in [1.165, 1.54) is 22.0 Å². The van der Waals surface area contributed by atoms with Crippen LogP contribution in [0.5, 0.6) is 5.75 Å². The Labute approximate surface area is 249 Å². The first-order valence-electron chi connectivity index (χ1n) is 14.0. The summed E-state index contributed by atoms with van der Waals surface area (Å²) in [5, 5.41) is 14.1. The van der Waals surface area contributed by atoms with E-state index < -0.39 is 17.3 Å². The molecule has 1 spiro atoms. The highest BCUT2D eigenvalue weighted by molar-refractivity contribution is 7.90. The van der Waals surface area contributed by atoms with Crippen molar-refractivity contribution in [2.45, 2.75) is 64.0 Å². The summed E-state index contributed by atoms with van der Waals surface area (Å²) in [5.41, 5.74) is 8.59. The summed E-state index contributed by atoms with van der Waals surface area (Å²) in [6.07, 6.45) is 7.39. The molecule has 1 amide bonds. The smallest absolute Gasteiger partial charge is 0.239 e. The van der Waals surface area contributed by atoms with Crippen molar-refractivity contribution in [1.29, 1.82) is 0 Å². The van der Waals surface area contributed by atoms with Gasteiger partial charge in [0.15, 0.2) is 11.6 Å². The molecule has 5 rings (SSSR count). The van der Waals surface area contributed by atoms with E-state index in [9.17, 15) is 14.5 Å². The molecule has 1 aliphatic carbocycles. The number of nitrogens with two attached hydrogens (primary N) is 1. The topological polar surface area (TPSA) is 154 Å². The summed E-state index contributed by atoms with van der Waals surface area (Å²) in [6.45, 7) is 7.28. The molecule has 2 aliphatic rings. The van der Waals surface area contributed by atoms with Gasteiger partial charge in [-0.2, -0.15) is 5.10 Å². The number of anilines is 1. The average Bonchev–Trinajstić information content (AvgIpc) is 3.52. The zero-order valence-electron chi connectivity index (χ0n) is 24.2. The molecule has 1 saturated heterocycles. The number of hydrogen-bond acceptors (Lipinski definition) is 9. The quantitative estimate of drug-likeness (QED) is 0.264. The van der Waals surface area contributed by atoms with Crippen LogP contribution in [0.4, 0.5) is 5.82 Å². The lowest BCUT2D eigenvalue weighted by Crippen LogP contribution is -2.50. The van der Waals surface area contributed by atoms with Crippen LogP contribution >= 0.6 is 0 Å². The van der Waals surface area contributed by atoms with Crippen LogP contribution in [0.15, 0.2) is 42.9 Å². The Hall–Kier alpha value is -3.63. The molecule has 11 nitrogen and oxygen atoms in total. The lowest BCUT2D eigenvalue weighted by Gasteiger charge is -2.44. The predicted octanol–water partition coefficient (Wildman–Crippen LogP) is 2.02. The Morgan fingerprint density at radius 1 is 1.29 bits per heavy atom. The minimum atomic E-state index is -1.19. The third-order valence-electron chi connectivity index (χ3n) is 7.79. The fraction of sp³-hybridized carbons (Fsp3) is 0.467. The summed E-state index contributed by atoms with van der Waals surface area (Å²) >= 11 is -1.19. The largest absolute Gasteiger partial charge is 0.598 e. The molecular weight excluding hydrogens is 554 g/mol. The van der Waals surface area contributed by atoms with Gasteiger partial charge in [0.1, 0.15) is 29.3 Å². The maximum Gasteiger partial charge on any atom is 0.239 e. The van der Waals surface area contributed by atoms with Crippen molar-refractivity contribution in [1.82, 2.24) is 24.5 Å². The Morgan fingerprint density at radius 2 is 2.05 bits per heavy atom. The van der Waals surface area contributed by atoms with Gasteiger partial charge in [-0.05, 0) is 57.1 Å². The predicted molar refractivity (Wildman–Crippen MR) is 160 cm³/mol. The van der Waals surface area contributed by atoms with Gasteiger partial charge in [0.05, 0.1) is 31.2 Å². The van der Waals surface area contributed by atoms with Crippen LogP contribution in [0.1, 0.15) is 62.2 Å². The van der Waals surface area contributed by atoms with Gasteiger partial charge in [-0.1, -0.05) is 30.2 Å². The minimum absolute atomic E-state index is 0.0108. The molecule has 222 valence electrons. The summed E-state index contributed by atoms with van der Waals surface area (Å²) < 4.78 is 23.2. The van der Waals surface area contributed by atoms with E-state index in [1.807, 2.05) is 20.8 Å². The molecule has 0 bridgehead atoms. The molecule has 0 radical (unpaired) electrons. The molecule has 0 saturated carbocycles. The van der Waals surface area contributed by atoms with Gasteiger partial charge in [0, 0.05) is 29.9 Å². The number of amides is 1. The van der Waals surface area contributed by atoms with Crippen LogP contribution in [0.25, 0.3) is 0 Å². The van der Waals surface area contributed by atoms with Crippen molar-refractivity contribution in [3.05, 3.63) is 65.4 Å². The van der Waals surface area contributed by atoms with Crippen LogP contribution in [0, 0.1) is 17.3 Å². The van der Waals surface area contributed by atoms with Crippen molar-refractivity contribution in [2.75, 3.05) is 24.6 Å². The van der Waals surface area contributed by atoms with Crippen molar-refractivity contribution in [3.8, 4) is 17.6 Å². The van der Waals surface area contributed by atoms with Gasteiger partial charge in [-0.25, -0.2) is 9.97 Å². The first-order valence-corrected chi connectivity index (χ1v) is 15.1. The molecule has 2 atom stereocenters. The third kappa shape index (κ3) is 6.55. The lowest BCUT2D eigenvalue weighted by molar-refractivity contribution is -0.118. The number of ether oxygens (including phenoxy) is 1. The number of aliphatic hydroxyl groups is 1. The zero-order chi connectivity index (χ0) is 29.9. The number of aromatic nitrogens is 4. The lowest BCUT2D eigenvalue weighted by atomic mass is 9.73. The number of nitrogens with one attached hydrogen (secondary N) is 1. The maximum atomic E-state index is 13.2. The second-order valence-electron chi connectivity index (χ2n) is 11.8. The molecule has 1 aliphatic heterocycles.